The Morgan fingerprint density at radius 3 is 2.95 bits per heavy atom. The molecule has 2 rings (SSSR count). The molecule has 6 heteroatoms. The molecule has 1 aromatic heterocycles. The van der Waals surface area contributed by atoms with Crippen molar-refractivity contribution in [3.05, 3.63) is 12.2 Å². The molecular weight excluding hydrogens is 254 g/mol. The summed E-state index contributed by atoms with van der Waals surface area (Å²) in [5.74, 6) is 1.03. The number of hydrogen-bond donors (Lipinski definition) is 1. The lowest BCUT2D eigenvalue weighted by atomic mass is 10.0. The van der Waals surface area contributed by atoms with Crippen molar-refractivity contribution < 1.29 is 4.74 Å². The van der Waals surface area contributed by atoms with Crippen molar-refractivity contribution in [2.45, 2.75) is 51.9 Å². The van der Waals surface area contributed by atoms with Gasteiger partial charge >= 0.3 is 0 Å². The van der Waals surface area contributed by atoms with Crippen LogP contribution in [0.2, 0.25) is 0 Å². The zero-order chi connectivity index (χ0) is 14.5. The Hall–Kier alpha value is -0.980. The second-order valence-corrected chi connectivity index (χ2v) is 5.59. The number of hydrogen-bond acceptors (Lipinski definition) is 5. The monoisotopic (exact) mass is 281 g/mol. The first-order chi connectivity index (χ1) is 9.65. The Bertz CT molecular complexity index is 406. The molecular formula is C14H27N5O. The highest BCUT2D eigenvalue weighted by molar-refractivity contribution is 4.94. The zero-order valence-electron chi connectivity index (χ0n) is 13.0. The van der Waals surface area contributed by atoms with Crippen molar-refractivity contribution in [3.8, 4) is 0 Å². The third-order valence-corrected chi connectivity index (χ3v) is 4.07. The van der Waals surface area contributed by atoms with Gasteiger partial charge in [0.15, 0.2) is 0 Å². The minimum atomic E-state index is 0.207. The molecule has 1 aromatic rings. The Balaban J connectivity index is 2.00. The Kier molecular flexibility index (Phi) is 5.51. The summed E-state index contributed by atoms with van der Waals surface area (Å²) in [6, 6.07) is 0.837. The number of aryl methyl sites for hydroxylation is 1. The third kappa shape index (κ3) is 3.56. The van der Waals surface area contributed by atoms with E-state index in [0.29, 0.717) is 6.04 Å². The molecule has 0 radical (unpaired) electrons. The lowest BCUT2D eigenvalue weighted by Gasteiger charge is -2.38. The van der Waals surface area contributed by atoms with Crippen LogP contribution in [-0.2, 0) is 17.7 Å². The number of nitrogens with zero attached hydrogens (tertiary/aromatic N) is 4. The quantitative estimate of drug-likeness (QED) is 0.825. The van der Waals surface area contributed by atoms with Crippen LogP contribution in [0.3, 0.4) is 0 Å². The summed E-state index contributed by atoms with van der Waals surface area (Å²) in [5, 5.41) is 7.62. The molecule has 2 atom stereocenters. The van der Waals surface area contributed by atoms with Gasteiger partial charge in [0.25, 0.3) is 0 Å². The molecule has 1 aliphatic rings. The number of morpholine rings is 1. The van der Waals surface area contributed by atoms with Crippen LogP contribution in [0, 0.1) is 0 Å². The van der Waals surface area contributed by atoms with E-state index in [9.17, 15) is 0 Å². The zero-order valence-corrected chi connectivity index (χ0v) is 13.0. The van der Waals surface area contributed by atoms with Gasteiger partial charge in [-0.25, -0.2) is 4.98 Å². The van der Waals surface area contributed by atoms with Crippen molar-refractivity contribution in [2.24, 2.45) is 0 Å². The SMILES string of the molecule is CCn1ncnc1CC(NC)C1CN(C(C)C)CCO1. The number of ether oxygens (including phenoxy) is 1. The molecule has 0 bridgehead atoms. The first-order valence-electron chi connectivity index (χ1n) is 7.55. The second-order valence-electron chi connectivity index (χ2n) is 5.59. The standard InChI is InChI=1S/C14H27N5O/c1-5-19-14(16-10-17-19)8-12(15-4)13-9-18(11(2)3)6-7-20-13/h10-13,15H,5-9H2,1-4H3. The van der Waals surface area contributed by atoms with Crippen LogP contribution in [0.4, 0.5) is 0 Å². The van der Waals surface area contributed by atoms with Crippen LogP contribution >= 0.6 is 0 Å². The molecule has 0 aliphatic carbocycles. The summed E-state index contributed by atoms with van der Waals surface area (Å²) in [6.07, 6.45) is 2.69. The van der Waals surface area contributed by atoms with Gasteiger partial charge in [-0.05, 0) is 27.8 Å². The molecule has 20 heavy (non-hydrogen) atoms. The predicted molar refractivity (Wildman–Crippen MR) is 78.7 cm³/mol. The van der Waals surface area contributed by atoms with Gasteiger partial charge in [0, 0.05) is 38.1 Å². The second kappa shape index (κ2) is 7.15. The molecule has 0 aromatic carbocycles. The van der Waals surface area contributed by atoms with Crippen LogP contribution in [-0.4, -0.2) is 64.6 Å². The van der Waals surface area contributed by atoms with Gasteiger partial charge in [0.1, 0.15) is 12.2 Å². The largest absolute Gasteiger partial charge is 0.374 e. The van der Waals surface area contributed by atoms with Crippen LogP contribution in [0.1, 0.15) is 26.6 Å². The lowest BCUT2D eigenvalue weighted by molar-refractivity contribution is -0.0545. The molecule has 1 saturated heterocycles. The van der Waals surface area contributed by atoms with Gasteiger partial charge in [-0.2, -0.15) is 5.10 Å². The van der Waals surface area contributed by atoms with E-state index in [1.807, 2.05) is 11.7 Å². The van der Waals surface area contributed by atoms with Gasteiger partial charge in [-0.3, -0.25) is 9.58 Å². The van der Waals surface area contributed by atoms with Crippen LogP contribution < -0.4 is 5.32 Å². The van der Waals surface area contributed by atoms with Gasteiger partial charge in [0.05, 0.1) is 12.7 Å². The summed E-state index contributed by atoms with van der Waals surface area (Å²) in [5.41, 5.74) is 0. The van der Waals surface area contributed by atoms with E-state index in [0.717, 1.165) is 38.5 Å². The van der Waals surface area contributed by atoms with Crippen LogP contribution in [0.5, 0.6) is 0 Å². The fraction of sp³-hybridized carbons (Fsp3) is 0.857. The van der Waals surface area contributed by atoms with Gasteiger partial charge in [-0.1, -0.05) is 0 Å². The Morgan fingerprint density at radius 1 is 1.50 bits per heavy atom. The van der Waals surface area contributed by atoms with Gasteiger partial charge in [-0.15, -0.1) is 0 Å². The Morgan fingerprint density at radius 2 is 2.30 bits per heavy atom. The third-order valence-electron chi connectivity index (χ3n) is 4.07. The molecule has 1 N–H and O–H groups in total. The van der Waals surface area contributed by atoms with E-state index >= 15 is 0 Å². The summed E-state index contributed by atoms with van der Waals surface area (Å²) >= 11 is 0. The average molecular weight is 281 g/mol. The minimum Gasteiger partial charge on any atom is -0.374 e. The van der Waals surface area contributed by atoms with Crippen molar-refractivity contribution in [1.29, 1.82) is 0 Å². The highest BCUT2D eigenvalue weighted by Gasteiger charge is 2.29. The van der Waals surface area contributed by atoms with Crippen molar-refractivity contribution in [2.75, 3.05) is 26.7 Å². The maximum atomic E-state index is 5.97. The topological polar surface area (TPSA) is 55.2 Å². The van der Waals surface area contributed by atoms with E-state index in [1.165, 1.54) is 0 Å². The molecule has 1 aliphatic heterocycles. The summed E-state index contributed by atoms with van der Waals surface area (Å²) in [4.78, 5) is 6.84. The molecule has 0 saturated carbocycles. The molecule has 6 nitrogen and oxygen atoms in total. The highest BCUT2D eigenvalue weighted by Crippen LogP contribution is 2.14. The number of rotatable bonds is 6. The minimum absolute atomic E-state index is 0.207. The van der Waals surface area contributed by atoms with E-state index in [2.05, 4.69) is 41.1 Å². The van der Waals surface area contributed by atoms with Crippen molar-refractivity contribution in [3.63, 3.8) is 0 Å². The lowest BCUT2D eigenvalue weighted by Crippen LogP contribution is -2.54. The number of likely N-dealkylation sites (N-methyl/N-ethyl adjacent to an activating group) is 1. The molecule has 1 fully saturated rings. The van der Waals surface area contributed by atoms with E-state index in [-0.39, 0.29) is 12.1 Å². The summed E-state index contributed by atoms with van der Waals surface area (Å²) in [7, 11) is 2.00. The maximum absolute atomic E-state index is 5.97. The summed E-state index contributed by atoms with van der Waals surface area (Å²) < 4.78 is 7.92. The number of nitrogens with one attached hydrogen (secondary N) is 1. The molecule has 0 spiro atoms. The molecule has 2 heterocycles. The fourth-order valence-corrected chi connectivity index (χ4v) is 2.74. The van der Waals surface area contributed by atoms with Gasteiger partial charge in [0.2, 0.25) is 0 Å². The highest BCUT2D eigenvalue weighted by atomic mass is 16.5. The van der Waals surface area contributed by atoms with Crippen LogP contribution in [0.25, 0.3) is 0 Å². The van der Waals surface area contributed by atoms with E-state index in [4.69, 9.17) is 4.74 Å². The fourth-order valence-electron chi connectivity index (χ4n) is 2.74. The van der Waals surface area contributed by atoms with Crippen molar-refractivity contribution >= 4 is 0 Å². The predicted octanol–water partition coefficient (Wildman–Crippen LogP) is 0.538. The average Bonchev–Trinajstić information content (AvgIpc) is 2.92. The normalized spacial score (nSPS) is 22.4. The molecule has 114 valence electrons. The maximum Gasteiger partial charge on any atom is 0.138 e. The number of aromatic nitrogens is 3. The summed E-state index contributed by atoms with van der Waals surface area (Å²) in [6.45, 7) is 10.2. The van der Waals surface area contributed by atoms with E-state index < -0.39 is 0 Å². The first kappa shape index (κ1) is 15.4. The molecule has 0 amide bonds. The molecule has 2 unspecified atom stereocenters. The van der Waals surface area contributed by atoms with Crippen LogP contribution in [0.15, 0.2) is 6.33 Å². The van der Waals surface area contributed by atoms with Gasteiger partial charge < -0.3 is 10.1 Å². The first-order valence-corrected chi connectivity index (χ1v) is 7.55. The van der Waals surface area contributed by atoms with Crippen molar-refractivity contribution in [1.82, 2.24) is 25.0 Å². The van der Waals surface area contributed by atoms with E-state index in [1.54, 1.807) is 6.33 Å². The smallest absolute Gasteiger partial charge is 0.138 e. The Labute approximate surface area is 121 Å².